The number of carbonyl (C=O) groups excluding carboxylic acids is 3. The first-order valence-corrected chi connectivity index (χ1v) is 12.6. The average Bonchev–Trinajstić information content (AvgIpc) is 3.44. The van der Waals surface area contributed by atoms with Crippen LogP contribution in [0.25, 0.3) is 6.08 Å². The molecule has 2 fully saturated rings. The van der Waals surface area contributed by atoms with E-state index in [1.165, 1.54) is 0 Å². The van der Waals surface area contributed by atoms with Crippen molar-refractivity contribution in [3.63, 3.8) is 0 Å². The van der Waals surface area contributed by atoms with Gasteiger partial charge in [-0.15, -0.1) is 0 Å². The monoisotopic (exact) mass is 544 g/mol. The quantitative estimate of drug-likeness (QED) is 0.456. The molecule has 2 saturated heterocycles. The number of hydrogen-bond donors (Lipinski definition) is 0. The van der Waals surface area contributed by atoms with Crippen molar-refractivity contribution in [3.05, 3.63) is 62.5 Å². The molecule has 0 aromatic heterocycles. The highest BCUT2D eigenvalue weighted by Gasteiger charge is 2.37. The van der Waals surface area contributed by atoms with Gasteiger partial charge in [0.1, 0.15) is 13.2 Å². The van der Waals surface area contributed by atoms with Crippen molar-refractivity contribution in [2.24, 2.45) is 0 Å². The summed E-state index contributed by atoms with van der Waals surface area (Å²) in [4.78, 5) is 40.7. The third-order valence-electron chi connectivity index (χ3n) is 5.81. The van der Waals surface area contributed by atoms with Crippen LogP contribution in [0.5, 0.6) is 11.5 Å². The van der Waals surface area contributed by atoms with E-state index in [1.807, 2.05) is 31.2 Å². The molecule has 0 N–H and O–H groups in total. The minimum atomic E-state index is -0.461. The number of imide groups is 1. The van der Waals surface area contributed by atoms with Gasteiger partial charge in [-0.1, -0.05) is 24.3 Å². The van der Waals surface area contributed by atoms with Crippen molar-refractivity contribution in [3.8, 4) is 11.5 Å². The lowest BCUT2D eigenvalue weighted by molar-refractivity contribution is -0.135. The number of halogens is 1. The molecular weight excluding hydrogens is 520 g/mol. The maximum Gasteiger partial charge on any atom is 0.294 e. The molecule has 4 rings (SSSR count). The maximum atomic E-state index is 12.8. The van der Waals surface area contributed by atoms with Gasteiger partial charge in [0.15, 0.2) is 11.5 Å². The van der Waals surface area contributed by atoms with Gasteiger partial charge < -0.3 is 14.4 Å². The normalized spacial score (nSPS) is 17.1. The van der Waals surface area contributed by atoms with E-state index in [-0.39, 0.29) is 17.4 Å². The smallest absolute Gasteiger partial charge is 0.294 e. The number of thioether (sulfide) groups is 1. The first-order chi connectivity index (χ1) is 16.4. The summed E-state index contributed by atoms with van der Waals surface area (Å²) in [5, 5.41) is -0.437. The summed E-state index contributed by atoms with van der Waals surface area (Å²) in [5.41, 5.74) is 2.87. The number of likely N-dealkylation sites (tertiary alicyclic amines) is 1. The SMILES string of the molecule is COc1cc(/C=C2\SC(=O)N(CC(=O)N3CCCC3)C2=O)cc(Br)c1OCc1ccccc1C. The molecule has 2 heterocycles. The number of ether oxygens (including phenoxy) is 2. The second kappa shape index (κ2) is 10.7. The molecule has 0 aliphatic carbocycles. The molecule has 0 unspecified atom stereocenters. The minimum absolute atomic E-state index is 0.194. The zero-order valence-electron chi connectivity index (χ0n) is 19.0. The van der Waals surface area contributed by atoms with Gasteiger partial charge in [0, 0.05) is 13.1 Å². The van der Waals surface area contributed by atoms with Crippen LogP contribution < -0.4 is 9.47 Å². The van der Waals surface area contributed by atoms with Crippen LogP contribution in [-0.2, 0) is 16.2 Å². The summed E-state index contributed by atoms with van der Waals surface area (Å²) < 4.78 is 12.2. The van der Waals surface area contributed by atoms with Crippen LogP contribution in [0.3, 0.4) is 0 Å². The van der Waals surface area contributed by atoms with E-state index in [0.717, 1.165) is 40.6 Å². The van der Waals surface area contributed by atoms with Crippen molar-refractivity contribution >= 4 is 50.8 Å². The highest BCUT2D eigenvalue weighted by atomic mass is 79.9. The topological polar surface area (TPSA) is 76.2 Å². The van der Waals surface area contributed by atoms with Gasteiger partial charge >= 0.3 is 0 Å². The van der Waals surface area contributed by atoms with Gasteiger partial charge in [-0.25, -0.2) is 0 Å². The third-order valence-corrected chi connectivity index (χ3v) is 7.30. The van der Waals surface area contributed by atoms with E-state index < -0.39 is 11.1 Å². The molecule has 2 aliphatic rings. The van der Waals surface area contributed by atoms with Crippen LogP contribution in [0.4, 0.5) is 4.79 Å². The molecule has 0 radical (unpaired) electrons. The third kappa shape index (κ3) is 5.31. The molecule has 0 bridgehead atoms. The predicted molar refractivity (Wildman–Crippen MR) is 135 cm³/mol. The summed E-state index contributed by atoms with van der Waals surface area (Å²) >= 11 is 4.37. The fraction of sp³-hybridized carbons (Fsp3) is 0.320. The fourth-order valence-electron chi connectivity index (χ4n) is 3.87. The zero-order chi connectivity index (χ0) is 24.2. The molecule has 178 valence electrons. The number of aryl methyl sites for hydroxylation is 1. The first-order valence-electron chi connectivity index (χ1n) is 11.0. The minimum Gasteiger partial charge on any atom is -0.493 e. The van der Waals surface area contributed by atoms with Crippen LogP contribution in [0, 0.1) is 6.92 Å². The highest BCUT2D eigenvalue weighted by molar-refractivity contribution is 9.10. The van der Waals surface area contributed by atoms with Crippen LogP contribution >= 0.6 is 27.7 Å². The second-order valence-electron chi connectivity index (χ2n) is 8.11. The second-order valence-corrected chi connectivity index (χ2v) is 9.95. The van der Waals surface area contributed by atoms with E-state index in [4.69, 9.17) is 9.47 Å². The number of benzene rings is 2. The molecule has 2 aromatic carbocycles. The Kier molecular flexibility index (Phi) is 7.63. The standard InChI is InChI=1S/C25H25BrN2O5S/c1-16-7-3-4-8-18(16)15-33-23-19(26)11-17(12-20(23)32-2)13-21-24(30)28(25(31)34-21)14-22(29)27-9-5-6-10-27/h3-4,7-8,11-13H,5-6,9-10,14-15H2,1-2H3/b21-13-. The fourth-order valence-corrected chi connectivity index (χ4v) is 5.29. The lowest BCUT2D eigenvalue weighted by Crippen LogP contribution is -2.40. The summed E-state index contributed by atoms with van der Waals surface area (Å²) in [7, 11) is 1.55. The van der Waals surface area contributed by atoms with Gasteiger partial charge in [-0.05, 0) is 82.4 Å². The Balaban J connectivity index is 1.50. The lowest BCUT2D eigenvalue weighted by Gasteiger charge is -2.18. The molecule has 7 nitrogen and oxygen atoms in total. The van der Waals surface area contributed by atoms with Crippen molar-refractivity contribution in [1.82, 2.24) is 9.80 Å². The maximum absolute atomic E-state index is 12.8. The van der Waals surface area contributed by atoms with Crippen LogP contribution in [0.1, 0.15) is 29.5 Å². The Labute approximate surface area is 211 Å². The van der Waals surface area contributed by atoms with Crippen molar-refractivity contribution < 1.29 is 23.9 Å². The van der Waals surface area contributed by atoms with E-state index in [2.05, 4.69) is 15.9 Å². The molecular formula is C25H25BrN2O5S. The van der Waals surface area contributed by atoms with Crippen molar-refractivity contribution in [2.75, 3.05) is 26.7 Å². The molecule has 9 heteroatoms. The number of nitrogens with zero attached hydrogens (tertiary/aromatic N) is 2. The largest absolute Gasteiger partial charge is 0.493 e. The van der Waals surface area contributed by atoms with E-state index in [0.29, 0.717) is 41.2 Å². The summed E-state index contributed by atoms with van der Waals surface area (Å²) in [6, 6.07) is 11.5. The van der Waals surface area contributed by atoms with Crippen LogP contribution in [0.15, 0.2) is 45.8 Å². The Bertz CT molecular complexity index is 1160. The molecule has 2 aromatic rings. The molecule has 2 aliphatic heterocycles. The average molecular weight is 545 g/mol. The highest BCUT2D eigenvalue weighted by Crippen LogP contribution is 2.39. The van der Waals surface area contributed by atoms with Crippen LogP contribution in [-0.4, -0.2) is 53.6 Å². The van der Waals surface area contributed by atoms with Gasteiger partial charge in [0.2, 0.25) is 5.91 Å². The van der Waals surface area contributed by atoms with Gasteiger partial charge in [0.25, 0.3) is 11.1 Å². The molecule has 3 amide bonds. The summed E-state index contributed by atoms with van der Waals surface area (Å²) in [6.45, 7) is 3.54. The predicted octanol–water partition coefficient (Wildman–Crippen LogP) is 5.00. The molecule has 0 spiro atoms. The van der Waals surface area contributed by atoms with Crippen molar-refractivity contribution in [2.45, 2.75) is 26.4 Å². The van der Waals surface area contributed by atoms with E-state index in [9.17, 15) is 14.4 Å². The summed E-state index contributed by atoms with van der Waals surface area (Å²) in [6.07, 6.45) is 3.54. The van der Waals surface area contributed by atoms with Crippen molar-refractivity contribution in [1.29, 1.82) is 0 Å². The summed E-state index contributed by atoms with van der Waals surface area (Å²) in [5.74, 6) is 0.392. The van der Waals surface area contributed by atoms with E-state index >= 15 is 0 Å². The Morgan fingerprint density at radius 3 is 2.62 bits per heavy atom. The van der Waals surface area contributed by atoms with E-state index in [1.54, 1.807) is 30.2 Å². The van der Waals surface area contributed by atoms with Gasteiger partial charge in [-0.2, -0.15) is 0 Å². The number of amides is 3. The zero-order valence-corrected chi connectivity index (χ0v) is 21.4. The lowest BCUT2D eigenvalue weighted by atomic mass is 10.1. The Morgan fingerprint density at radius 2 is 1.91 bits per heavy atom. The first kappa shape index (κ1) is 24.3. The number of carbonyl (C=O) groups is 3. The molecule has 34 heavy (non-hydrogen) atoms. The Hall–Kier alpha value is -2.78. The number of rotatable bonds is 7. The Morgan fingerprint density at radius 1 is 1.18 bits per heavy atom. The van der Waals surface area contributed by atoms with Gasteiger partial charge in [0.05, 0.1) is 16.5 Å². The number of hydrogen-bond acceptors (Lipinski definition) is 6. The van der Waals surface area contributed by atoms with Crippen LogP contribution in [0.2, 0.25) is 0 Å². The number of methoxy groups -OCH3 is 1. The molecule has 0 saturated carbocycles. The van der Waals surface area contributed by atoms with Gasteiger partial charge in [-0.3, -0.25) is 19.3 Å². The molecule has 0 atom stereocenters.